The zero-order valence-electron chi connectivity index (χ0n) is 27.0. The fourth-order valence-corrected chi connectivity index (χ4v) is 6.77. The zero-order chi connectivity index (χ0) is 33.0. The van der Waals surface area contributed by atoms with E-state index in [4.69, 9.17) is 25.3 Å². The van der Waals surface area contributed by atoms with Gasteiger partial charge in [0.25, 0.3) is 0 Å². The molecule has 3 aromatic carbocycles. The van der Waals surface area contributed by atoms with Gasteiger partial charge in [-0.3, -0.25) is 4.79 Å². The lowest BCUT2D eigenvalue weighted by atomic mass is 9.95. The number of benzene rings is 3. The van der Waals surface area contributed by atoms with Crippen LogP contribution in [0.15, 0.2) is 65.6 Å². The fourth-order valence-electron chi connectivity index (χ4n) is 6.03. The van der Waals surface area contributed by atoms with Crippen LogP contribution < -0.4 is 9.47 Å². The van der Waals surface area contributed by atoms with E-state index in [0.29, 0.717) is 41.1 Å². The van der Waals surface area contributed by atoms with Crippen molar-refractivity contribution in [3.63, 3.8) is 0 Å². The van der Waals surface area contributed by atoms with Gasteiger partial charge in [-0.2, -0.15) is 0 Å². The van der Waals surface area contributed by atoms with Crippen LogP contribution in [0, 0.1) is 25.7 Å². The maximum Gasteiger partial charge on any atom is 0.415 e. The number of likely N-dealkylation sites (tertiary alicyclic amines) is 2. The maximum atomic E-state index is 13.1. The highest BCUT2D eigenvalue weighted by molar-refractivity contribution is 7.95. The number of ether oxygens (including phenoxy) is 2. The number of carbonyl (C=O) groups is 3. The molecule has 2 saturated heterocycles. The van der Waals surface area contributed by atoms with E-state index >= 15 is 0 Å². The molecule has 5 rings (SSSR count). The van der Waals surface area contributed by atoms with Crippen LogP contribution in [0.4, 0.5) is 4.79 Å². The van der Waals surface area contributed by atoms with Gasteiger partial charge in [0, 0.05) is 41.0 Å². The smallest absolute Gasteiger partial charge is 0.415 e. The number of nitrogens with zero attached hydrogens (tertiary/aromatic N) is 2. The lowest BCUT2D eigenvalue weighted by Crippen LogP contribution is -2.39. The SMILES string of the molecule is Cc1cc(C[C@H]2CCN(C(=O)Oc3ccc(Cl)cc3)C2)cc(C)c1OC(C)(C)C(=O)OSc1ccc(C(=O)C2CCN(C)C2)cc1. The number of rotatable bonds is 10. The van der Waals surface area contributed by atoms with Crippen LogP contribution in [0.25, 0.3) is 0 Å². The Labute approximate surface area is 280 Å². The molecule has 0 bridgehead atoms. The van der Waals surface area contributed by atoms with E-state index in [0.717, 1.165) is 66.0 Å². The van der Waals surface area contributed by atoms with Gasteiger partial charge in [0.1, 0.15) is 11.5 Å². The first-order valence-corrected chi connectivity index (χ1v) is 16.7. The van der Waals surface area contributed by atoms with E-state index in [-0.39, 0.29) is 17.8 Å². The summed E-state index contributed by atoms with van der Waals surface area (Å²) in [5, 5.41) is 0.588. The Balaban J connectivity index is 1.12. The molecule has 0 saturated carbocycles. The molecule has 244 valence electrons. The summed E-state index contributed by atoms with van der Waals surface area (Å²) < 4.78 is 17.3. The van der Waals surface area contributed by atoms with Crippen LogP contribution in [0.2, 0.25) is 5.02 Å². The van der Waals surface area contributed by atoms with Crippen LogP contribution in [-0.2, 0) is 15.4 Å². The molecule has 0 aliphatic carbocycles. The van der Waals surface area contributed by atoms with Gasteiger partial charge in [-0.25, -0.2) is 9.59 Å². The van der Waals surface area contributed by atoms with Gasteiger partial charge >= 0.3 is 12.1 Å². The minimum absolute atomic E-state index is 0.0328. The van der Waals surface area contributed by atoms with Gasteiger partial charge in [-0.1, -0.05) is 35.9 Å². The summed E-state index contributed by atoms with van der Waals surface area (Å²) in [5.41, 5.74) is 2.45. The Kier molecular flexibility index (Phi) is 10.7. The molecule has 2 aliphatic heterocycles. The molecule has 0 aromatic heterocycles. The molecule has 2 atom stereocenters. The van der Waals surface area contributed by atoms with E-state index < -0.39 is 11.6 Å². The summed E-state index contributed by atoms with van der Waals surface area (Å²) in [4.78, 5) is 43.2. The minimum atomic E-state index is -1.23. The quantitative estimate of drug-likeness (QED) is 0.162. The van der Waals surface area contributed by atoms with Gasteiger partial charge < -0.3 is 23.5 Å². The van der Waals surface area contributed by atoms with Crippen molar-refractivity contribution in [3.05, 3.63) is 87.9 Å². The molecule has 1 amide bonds. The molecular formula is C36H41ClN2O6S. The molecule has 2 fully saturated rings. The van der Waals surface area contributed by atoms with Gasteiger partial charge in [0.05, 0.1) is 12.0 Å². The number of amides is 1. The van der Waals surface area contributed by atoms with E-state index in [1.165, 1.54) is 0 Å². The van der Waals surface area contributed by atoms with Gasteiger partial charge in [-0.05, 0) is 120 Å². The van der Waals surface area contributed by atoms with Crippen molar-refractivity contribution < 1.29 is 28.0 Å². The highest BCUT2D eigenvalue weighted by atomic mass is 35.5. The molecule has 2 heterocycles. The zero-order valence-corrected chi connectivity index (χ0v) is 28.6. The maximum absolute atomic E-state index is 13.1. The third kappa shape index (κ3) is 8.43. The molecule has 1 unspecified atom stereocenters. The molecule has 8 nitrogen and oxygen atoms in total. The summed E-state index contributed by atoms with van der Waals surface area (Å²) in [6.07, 6.45) is 2.23. The standard InChI is InChI=1S/C36H41ClN2O6S/c1-23-18-26(20-25-14-17-39(21-25)35(42)43-30-10-8-29(37)9-11-30)19-24(2)33(23)44-36(3,4)34(41)45-46-31-12-6-27(7-13-31)32(40)28-15-16-38(5)22-28/h6-13,18-19,25,28H,14-17,20-22H2,1-5H3/t25-,28?/m1/s1. The number of ketones is 1. The van der Waals surface area contributed by atoms with Crippen LogP contribution in [0.1, 0.15) is 53.7 Å². The van der Waals surface area contributed by atoms with Crippen molar-refractivity contribution >= 4 is 41.5 Å². The van der Waals surface area contributed by atoms with Crippen molar-refractivity contribution in [1.82, 2.24) is 9.80 Å². The van der Waals surface area contributed by atoms with Crippen molar-refractivity contribution in [2.45, 2.75) is 57.5 Å². The van der Waals surface area contributed by atoms with Crippen LogP contribution in [0.3, 0.4) is 0 Å². The molecule has 10 heteroatoms. The summed E-state index contributed by atoms with van der Waals surface area (Å²) in [7, 11) is 2.03. The molecule has 2 aliphatic rings. The van der Waals surface area contributed by atoms with Crippen LogP contribution in [0.5, 0.6) is 11.5 Å². The number of aryl methyl sites for hydroxylation is 2. The molecule has 0 radical (unpaired) electrons. The Bertz CT molecular complexity index is 1550. The second-order valence-electron chi connectivity index (χ2n) is 12.9. The van der Waals surface area contributed by atoms with Crippen molar-refractivity contribution in [3.8, 4) is 11.5 Å². The van der Waals surface area contributed by atoms with Gasteiger partial charge in [-0.15, -0.1) is 0 Å². The summed E-state index contributed by atoms with van der Waals surface area (Å²) in [6.45, 7) is 10.3. The third-order valence-corrected chi connectivity index (χ3v) is 9.52. The first-order valence-electron chi connectivity index (χ1n) is 15.6. The van der Waals surface area contributed by atoms with Crippen molar-refractivity contribution in [1.29, 1.82) is 0 Å². The minimum Gasteiger partial charge on any atom is -0.476 e. The average molecular weight is 665 g/mol. The number of hydrogen-bond acceptors (Lipinski definition) is 8. The highest BCUT2D eigenvalue weighted by Gasteiger charge is 2.34. The largest absolute Gasteiger partial charge is 0.476 e. The second kappa shape index (κ2) is 14.5. The first-order chi connectivity index (χ1) is 21.9. The molecule has 0 spiro atoms. The summed E-state index contributed by atoms with van der Waals surface area (Å²) >= 11 is 6.88. The van der Waals surface area contributed by atoms with E-state index in [1.54, 1.807) is 67.3 Å². The predicted molar refractivity (Wildman–Crippen MR) is 180 cm³/mol. The average Bonchev–Trinajstić information content (AvgIpc) is 3.68. The van der Waals surface area contributed by atoms with Gasteiger partial charge in [0.2, 0.25) is 5.60 Å². The van der Waals surface area contributed by atoms with Crippen LogP contribution in [-0.4, -0.2) is 66.5 Å². The summed E-state index contributed by atoms with van der Waals surface area (Å²) in [5.74, 6) is 1.11. The summed E-state index contributed by atoms with van der Waals surface area (Å²) in [6, 6.07) is 18.1. The molecule has 0 N–H and O–H groups in total. The van der Waals surface area contributed by atoms with E-state index in [9.17, 15) is 14.4 Å². The van der Waals surface area contributed by atoms with E-state index in [1.807, 2.05) is 20.9 Å². The number of Topliss-reactive ketones (excluding diaryl/α,β-unsaturated/α-hetero) is 1. The second-order valence-corrected chi connectivity index (χ2v) is 14.1. The van der Waals surface area contributed by atoms with Crippen molar-refractivity contribution in [2.24, 2.45) is 11.8 Å². The Morgan fingerprint density at radius 2 is 1.61 bits per heavy atom. The van der Waals surface area contributed by atoms with Crippen molar-refractivity contribution in [2.75, 3.05) is 33.2 Å². The lowest BCUT2D eigenvalue weighted by Gasteiger charge is -2.26. The normalized spacial score (nSPS) is 18.4. The van der Waals surface area contributed by atoms with E-state index in [2.05, 4.69) is 17.0 Å². The van der Waals surface area contributed by atoms with Crippen LogP contribution >= 0.6 is 23.6 Å². The Hall–Kier alpha value is -3.53. The number of carbonyl (C=O) groups excluding carboxylic acids is 3. The predicted octanol–water partition coefficient (Wildman–Crippen LogP) is 7.56. The number of halogens is 1. The van der Waals surface area contributed by atoms with Gasteiger partial charge in [0.15, 0.2) is 5.78 Å². The molecular weight excluding hydrogens is 624 g/mol. The highest BCUT2D eigenvalue weighted by Crippen LogP contribution is 2.33. The number of hydrogen-bond donors (Lipinski definition) is 0. The topological polar surface area (TPSA) is 85.4 Å². The monoisotopic (exact) mass is 664 g/mol. The third-order valence-electron chi connectivity index (χ3n) is 8.57. The molecule has 3 aromatic rings. The fraction of sp³-hybridized carbons (Fsp3) is 0.417. The lowest BCUT2D eigenvalue weighted by molar-refractivity contribution is -0.147. The Morgan fingerprint density at radius 1 is 0.935 bits per heavy atom. The Morgan fingerprint density at radius 3 is 2.24 bits per heavy atom. The first kappa shape index (κ1) is 33.8. The molecule has 46 heavy (non-hydrogen) atoms.